The third-order valence-corrected chi connectivity index (χ3v) is 5.27. The van der Waals surface area contributed by atoms with Crippen molar-refractivity contribution in [3.8, 4) is 0 Å². The van der Waals surface area contributed by atoms with E-state index in [0.717, 1.165) is 49.7 Å². The highest BCUT2D eigenvalue weighted by Crippen LogP contribution is 2.26. The largest absolute Gasteiger partial charge is 0.346 e. The van der Waals surface area contributed by atoms with Crippen molar-refractivity contribution in [2.45, 2.75) is 18.9 Å². The Hall–Kier alpha value is -2.85. The molecule has 0 spiro atoms. The molecule has 8 nitrogen and oxygen atoms in total. The van der Waals surface area contributed by atoms with Gasteiger partial charge in [-0.3, -0.25) is 24.6 Å². The second-order valence-electron chi connectivity index (χ2n) is 6.40. The van der Waals surface area contributed by atoms with Crippen LogP contribution in [0.25, 0.3) is 0 Å². The average molecular weight is 406 g/mol. The highest BCUT2D eigenvalue weighted by atomic mass is 32.1. The second kappa shape index (κ2) is 8.89. The topological polar surface area (TPSA) is 105 Å². The smallest absolute Gasteiger partial charge is 0.313 e. The molecule has 0 aliphatic carbocycles. The van der Waals surface area contributed by atoms with Gasteiger partial charge in [0.25, 0.3) is 0 Å². The third-order valence-electron chi connectivity index (χ3n) is 4.57. The van der Waals surface area contributed by atoms with Gasteiger partial charge in [-0.15, -0.1) is 0 Å². The van der Waals surface area contributed by atoms with E-state index in [-0.39, 0.29) is 18.3 Å². The quantitative estimate of drug-likeness (QED) is 0.436. The van der Waals surface area contributed by atoms with Crippen LogP contribution >= 0.6 is 11.3 Å². The first-order valence-electron chi connectivity index (χ1n) is 8.75. The SMILES string of the molecule is O=C(NCC(c1ccsc1)N1CCCC1)C(=O)Nc1ccc(F)c([N+](=O)[O-])c1. The molecular formula is C18H19FN4O4S. The van der Waals surface area contributed by atoms with Crippen LogP contribution in [-0.4, -0.2) is 41.3 Å². The molecule has 1 saturated heterocycles. The van der Waals surface area contributed by atoms with Crippen LogP contribution in [-0.2, 0) is 9.59 Å². The number of nitro benzene ring substituents is 1. The zero-order valence-corrected chi connectivity index (χ0v) is 15.7. The Morgan fingerprint density at radius 3 is 2.64 bits per heavy atom. The number of amides is 2. The Kier molecular flexibility index (Phi) is 6.32. The van der Waals surface area contributed by atoms with Crippen molar-refractivity contribution < 1.29 is 18.9 Å². The number of nitrogens with one attached hydrogen (secondary N) is 2. The van der Waals surface area contributed by atoms with E-state index in [0.29, 0.717) is 0 Å². The number of rotatable bonds is 6. The summed E-state index contributed by atoms with van der Waals surface area (Å²) in [5.74, 6) is -2.84. The minimum atomic E-state index is -1.02. The molecule has 2 N–H and O–H groups in total. The molecule has 3 rings (SSSR count). The summed E-state index contributed by atoms with van der Waals surface area (Å²) < 4.78 is 13.4. The number of thiophene rings is 1. The van der Waals surface area contributed by atoms with Gasteiger partial charge >= 0.3 is 17.5 Å². The third kappa shape index (κ3) is 4.70. The average Bonchev–Trinajstić information content (AvgIpc) is 3.37. The molecule has 1 aliphatic heterocycles. The highest BCUT2D eigenvalue weighted by molar-refractivity contribution is 7.08. The maximum Gasteiger partial charge on any atom is 0.313 e. The molecule has 0 bridgehead atoms. The van der Waals surface area contributed by atoms with E-state index in [2.05, 4.69) is 15.5 Å². The van der Waals surface area contributed by atoms with Gasteiger partial charge in [0.2, 0.25) is 5.82 Å². The van der Waals surface area contributed by atoms with Crippen molar-refractivity contribution in [1.82, 2.24) is 10.2 Å². The maximum absolute atomic E-state index is 13.4. The molecule has 10 heteroatoms. The zero-order valence-electron chi connectivity index (χ0n) is 14.9. The first-order chi connectivity index (χ1) is 13.5. The first kappa shape index (κ1) is 19.9. The van der Waals surface area contributed by atoms with Gasteiger partial charge in [0, 0.05) is 18.3 Å². The molecule has 2 amide bonds. The van der Waals surface area contributed by atoms with E-state index in [9.17, 15) is 24.1 Å². The van der Waals surface area contributed by atoms with Crippen LogP contribution in [0, 0.1) is 15.9 Å². The van der Waals surface area contributed by atoms with Crippen molar-refractivity contribution in [2.24, 2.45) is 0 Å². The molecule has 1 unspecified atom stereocenters. The number of likely N-dealkylation sites (tertiary alicyclic amines) is 1. The summed E-state index contributed by atoms with van der Waals surface area (Å²) >= 11 is 1.57. The van der Waals surface area contributed by atoms with Crippen LogP contribution in [0.2, 0.25) is 0 Å². The van der Waals surface area contributed by atoms with Gasteiger partial charge in [0.05, 0.1) is 11.0 Å². The summed E-state index contributed by atoms with van der Waals surface area (Å²) in [6.45, 7) is 2.14. The zero-order chi connectivity index (χ0) is 20.1. The van der Waals surface area contributed by atoms with Gasteiger partial charge in [0.15, 0.2) is 0 Å². The summed E-state index contributed by atoms with van der Waals surface area (Å²) in [4.78, 5) is 36.4. The number of halogens is 1. The lowest BCUT2D eigenvalue weighted by Gasteiger charge is -2.27. The number of anilines is 1. The summed E-state index contributed by atoms with van der Waals surface area (Å²) in [7, 11) is 0. The minimum Gasteiger partial charge on any atom is -0.346 e. The number of benzene rings is 1. The lowest BCUT2D eigenvalue weighted by molar-refractivity contribution is -0.387. The van der Waals surface area contributed by atoms with Crippen molar-refractivity contribution in [3.05, 3.63) is 56.5 Å². The summed E-state index contributed by atoms with van der Waals surface area (Å²) in [6, 6.07) is 4.88. The van der Waals surface area contributed by atoms with Crippen molar-refractivity contribution in [1.29, 1.82) is 0 Å². The van der Waals surface area contributed by atoms with Crippen LogP contribution < -0.4 is 10.6 Å². The molecule has 1 aliphatic rings. The fraction of sp³-hybridized carbons (Fsp3) is 0.333. The van der Waals surface area contributed by atoms with Gasteiger partial charge in [-0.1, -0.05) is 0 Å². The predicted molar refractivity (Wildman–Crippen MR) is 103 cm³/mol. The molecule has 28 heavy (non-hydrogen) atoms. The van der Waals surface area contributed by atoms with Gasteiger partial charge in [-0.25, -0.2) is 0 Å². The van der Waals surface area contributed by atoms with Crippen LogP contribution in [0.15, 0.2) is 35.0 Å². The number of hydrogen-bond acceptors (Lipinski definition) is 6. The molecule has 0 radical (unpaired) electrons. The normalized spacial score (nSPS) is 15.2. The summed E-state index contributed by atoms with van der Waals surface area (Å²) in [5.41, 5.74) is 0.286. The van der Waals surface area contributed by atoms with Gasteiger partial charge < -0.3 is 10.6 Å². The van der Waals surface area contributed by atoms with Gasteiger partial charge in [0.1, 0.15) is 0 Å². The van der Waals surface area contributed by atoms with E-state index >= 15 is 0 Å². The number of carbonyl (C=O) groups excluding carboxylic acids is 2. The van der Waals surface area contributed by atoms with Crippen molar-refractivity contribution in [2.75, 3.05) is 25.0 Å². The number of nitro groups is 1. The Morgan fingerprint density at radius 1 is 1.25 bits per heavy atom. The number of carbonyl (C=O) groups is 2. The van der Waals surface area contributed by atoms with Crippen LogP contribution in [0.5, 0.6) is 0 Å². The van der Waals surface area contributed by atoms with E-state index in [1.807, 2.05) is 16.8 Å². The first-order valence-corrected chi connectivity index (χ1v) is 9.69. The Labute approximate surface area is 164 Å². The molecule has 148 valence electrons. The fourth-order valence-electron chi connectivity index (χ4n) is 3.16. The second-order valence-corrected chi connectivity index (χ2v) is 7.18. The standard InChI is InChI=1S/C18H19FN4O4S/c19-14-4-3-13(9-15(14)23(26)27)21-18(25)17(24)20-10-16(12-5-8-28-11-12)22-6-1-2-7-22/h3-5,8-9,11,16H,1-2,6-7,10H2,(H,20,24)(H,21,25). The molecule has 1 aromatic heterocycles. The van der Waals surface area contributed by atoms with Gasteiger partial charge in [-0.2, -0.15) is 15.7 Å². The monoisotopic (exact) mass is 406 g/mol. The Balaban J connectivity index is 1.61. The van der Waals surface area contributed by atoms with E-state index in [4.69, 9.17) is 0 Å². The summed E-state index contributed by atoms with van der Waals surface area (Å²) in [6.07, 6.45) is 2.19. The molecule has 2 heterocycles. The molecule has 0 saturated carbocycles. The number of nitrogens with zero attached hydrogens (tertiary/aromatic N) is 2. The fourth-order valence-corrected chi connectivity index (χ4v) is 3.87. The molecule has 1 atom stereocenters. The molecule has 2 aromatic rings. The van der Waals surface area contributed by atoms with Crippen molar-refractivity contribution in [3.63, 3.8) is 0 Å². The lowest BCUT2D eigenvalue weighted by Crippen LogP contribution is -2.41. The predicted octanol–water partition coefficient (Wildman–Crippen LogP) is 2.69. The van der Waals surface area contributed by atoms with Crippen LogP contribution in [0.3, 0.4) is 0 Å². The van der Waals surface area contributed by atoms with E-state index < -0.39 is 28.2 Å². The van der Waals surface area contributed by atoms with Gasteiger partial charge in [-0.05, 0) is 60.5 Å². The van der Waals surface area contributed by atoms with Crippen molar-refractivity contribution >= 4 is 34.5 Å². The minimum absolute atomic E-state index is 0.0163. The number of hydrogen-bond donors (Lipinski definition) is 2. The lowest BCUT2D eigenvalue weighted by atomic mass is 10.1. The Bertz CT molecular complexity index is 868. The maximum atomic E-state index is 13.4. The summed E-state index contributed by atoms with van der Waals surface area (Å²) in [5, 5.41) is 19.6. The molecule has 1 aromatic carbocycles. The van der Waals surface area contributed by atoms with E-state index in [1.54, 1.807) is 11.3 Å². The van der Waals surface area contributed by atoms with Crippen LogP contribution in [0.4, 0.5) is 15.8 Å². The highest BCUT2D eigenvalue weighted by Gasteiger charge is 2.25. The molecule has 1 fully saturated rings. The van der Waals surface area contributed by atoms with Crippen LogP contribution in [0.1, 0.15) is 24.4 Å². The molecular weight excluding hydrogens is 387 g/mol. The Morgan fingerprint density at radius 2 is 2.00 bits per heavy atom. The van der Waals surface area contributed by atoms with E-state index in [1.165, 1.54) is 0 Å².